The summed E-state index contributed by atoms with van der Waals surface area (Å²) in [6, 6.07) is 15.2. The van der Waals surface area contributed by atoms with Crippen LogP contribution >= 0.6 is 0 Å². The fourth-order valence-electron chi connectivity index (χ4n) is 3.94. The van der Waals surface area contributed by atoms with E-state index >= 15 is 0 Å². The lowest BCUT2D eigenvalue weighted by Gasteiger charge is -2.33. The maximum Gasteiger partial charge on any atom is 0.232 e. The summed E-state index contributed by atoms with van der Waals surface area (Å²) in [5, 5.41) is 5.41. The van der Waals surface area contributed by atoms with Gasteiger partial charge in [0, 0.05) is 29.8 Å². The number of hydrogen-bond donors (Lipinski definition) is 2. The minimum atomic E-state index is -0.865. The van der Waals surface area contributed by atoms with Crippen LogP contribution < -0.4 is 10.6 Å². The Labute approximate surface area is 161 Å². The Morgan fingerprint density at radius 3 is 2.54 bits per heavy atom. The molecule has 1 aliphatic heterocycles. The lowest BCUT2D eigenvalue weighted by atomic mass is 9.75. The van der Waals surface area contributed by atoms with Crippen LogP contribution in [0.15, 0.2) is 65.9 Å². The Morgan fingerprint density at radius 1 is 1.00 bits per heavy atom. The number of carbonyl (C=O) groups excluding carboxylic acids is 3. The summed E-state index contributed by atoms with van der Waals surface area (Å²) in [5.41, 5.74) is 2.23. The van der Waals surface area contributed by atoms with Gasteiger partial charge < -0.3 is 10.6 Å². The van der Waals surface area contributed by atoms with Crippen molar-refractivity contribution in [2.75, 3.05) is 5.32 Å². The third-order valence-electron chi connectivity index (χ3n) is 5.22. The van der Waals surface area contributed by atoms with E-state index in [1.807, 2.05) is 30.3 Å². The molecule has 0 bridgehead atoms. The van der Waals surface area contributed by atoms with Gasteiger partial charge in [-0.2, -0.15) is 0 Å². The molecule has 1 heterocycles. The van der Waals surface area contributed by atoms with E-state index < -0.39 is 17.6 Å². The fraction of sp³-hybridized carbons (Fsp3) is 0.227. The topological polar surface area (TPSA) is 75.3 Å². The summed E-state index contributed by atoms with van der Waals surface area (Å²) in [7, 11) is 0. The second kappa shape index (κ2) is 7.38. The maximum absolute atomic E-state index is 13.4. The largest absolute Gasteiger partial charge is 0.329 e. The van der Waals surface area contributed by atoms with Gasteiger partial charge in [-0.05, 0) is 36.1 Å². The fourth-order valence-corrected chi connectivity index (χ4v) is 3.94. The predicted octanol–water partition coefficient (Wildman–Crippen LogP) is 3.30. The first-order valence-corrected chi connectivity index (χ1v) is 9.18. The Kier molecular flexibility index (Phi) is 4.77. The molecule has 6 heteroatoms. The van der Waals surface area contributed by atoms with Crippen molar-refractivity contribution in [3.05, 3.63) is 77.2 Å². The third-order valence-corrected chi connectivity index (χ3v) is 5.22. The van der Waals surface area contributed by atoms with Crippen LogP contribution in [0, 0.1) is 11.7 Å². The number of allylic oxidation sites excluding steroid dienone is 1. The highest BCUT2D eigenvalue weighted by Crippen LogP contribution is 2.39. The highest BCUT2D eigenvalue weighted by Gasteiger charge is 2.40. The molecule has 0 spiro atoms. The molecule has 0 fully saturated rings. The average molecular weight is 378 g/mol. The van der Waals surface area contributed by atoms with E-state index in [9.17, 15) is 18.8 Å². The van der Waals surface area contributed by atoms with Crippen LogP contribution in [-0.2, 0) is 14.4 Å². The van der Waals surface area contributed by atoms with Crippen molar-refractivity contribution in [3.8, 4) is 0 Å². The van der Waals surface area contributed by atoms with Crippen LogP contribution in [0.4, 0.5) is 10.1 Å². The van der Waals surface area contributed by atoms with Gasteiger partial charge in [-0.1, -0.05) is 36.4 Å². The Balaban J connectivity index is 1.61. The van der Waals surface area contributed by atoms with E-state index in [1.165, 1.54) is 18.2 Å². The van der Waals surface area contributed by atoms with Crippen LogP contribution in [0.25, 0.3) is 0 Å². The Morgan fingerprint density at radius 2 is 1.79 bits per heavy atom. The van der Waals surface area contributed by atoms with Crippen LogP contribution in [0.3, 0.4) is 0 Å². The number of amides is 2. The SMILES string of the molecule is O=C1C[C@H](C(=O)Nc2cccc(F)c2)C2=C(C[C@@H](c3ccccc3)CC2=O)N1. The van der Waals surface area contributed by atoms with Crippen LogP contribution in [-0.4, -0.2) is 17.6 Å². The molecule has 0 radical (unpaired) electrons. The zero-order valence-electron chi connectivity index (χ0n) is 15.1. The molecule has 5 nitrogen and oxygen atoms in total. The monoisotopic (exact) mass is 378 g/mol. The van der Waals surface area contributed by atoms with E-state index in [0.717, 1.165) is 5.56 Å². The molecule has 2 aromatic carbocycles. The van der Waals surface area contributed by atoms with Gasteiger partial charge >= 0.3 is 0 Å². The van der Waals surface area contributed by atoms with Crippen molar-refractivity contribution in [2.45, 2.75) is 25.2 Å². The van der Waals surface area contributed by atoms with Gasteiger partial charge in [-0.25, -0.2) is 4.39 Å². The zero-order valence-corrected chi connectivity index (χ0v) is 15.1. The second-order valence-corrected chi connectivity index (χ2v) is 7.14. The minimum absolute atomic E-state index is 0.0298. The second-order valence-electron chi connectivity index (χ2n) is 7.14. The Bertz CT molecular complexity index is 984. The first kappa shape index (κ1) is 18.1. The summed E-state index contributed by atoms with van der Waals surface area (Å²) in [5.74, 6) is -2.26. The molecule has 2 amide bonds. The normalized spacial score (nSPS) is 21.8. The summed E-state index contributed by atoms with van der Waals surface area (Å²) >= 11 is 0. The van der Waals surface area contributed by atoms with Gasteiger partial charge in [0.05, 0.1) is 5.92 Å². The first-order chi connectivity index (χ1) is 13.5. The molecular weight excluding hydrogens is 359 g/mol. The number of anilines is 1. The van der Waals surface area contributed by atoms with E-state index in [0.29, 0.717) is 29.8 Å². The smallest absolute Gasteiger partial charge is 0.232 e. The van der Waals surface area contributed by atoms with Crippen molar-refractivity contribution in [3.63, 3.8) is 0 Å². The number of nitrogens with one attached hydrogen (secondary N) is 2. The quantitative estimate of drug-likeness (QED) is 0.861. The number of hydrogen-bond acceptors (Lipinski definition) is 3. The summed E-state index contributed by atoms with van der Waals surface area (Å²) in [4.78, 5) is 37.9. The molecular formula is C22H19FN2O3. The molecule has 0 saturated heterocycles. The van der Waals surface area contributed by atoms with Crippen molar-refractivity contribution in [2.24, 2.45) is 5.92 Å². The molecule has 0 unspecified atom stereocenters. The molecule has 4 rings (SSSR count). The van der Waals surface area contributed by atoms with Gasteiger partial charge in [0.25, 0.3) is 0 Å². The van der Waals surface area contributed by atoms with Crippen LogP contribution in [0.5, 0.6) is 0 Å². The number of rotatable bonds is 3. The number of Topliss-reactive ketones (excluding diaryl/α,β-unsaturated/α-hetero) is 1. The molecule has 1 aliphatic carbocycles. The lowest BCUT2D eigenvalue weighted by molar-refractivity contribution is -0.129. The van der Waals surface area contributed by atoms with Crippen molar-refractivity contribution in [1.82, 2.24) is 5.32 Å². The summed E-state index contributed by atoms with van der Waals surface area (Å²) in [6.45, 7) is 0. The van der Waals surface area contributed by atoms with Gasteiger partial charge in [-0.3, -0.25) is 14.4 Å². The minimum Gasteiger partial charge on any atom is -0.329 e. The highest BCUT2D eigenvalue weighted by atomic mass is 19.1. The van der Waals surface area contributed by atoms with Crippen LogP contribution in [0.2, 0.25) is 0 Å². The molecule has 2 aliphatic rings. The van der Waals surface area contributed by atoms with E-state index in [4.69, 9.17) is 0 Å². The number of carbonyl (C=O) groups is 3. The van der Waals surface area contributed by atoms with Crippen molar-refractivity contribution < 1.29 is 18.8 Å². The first-order valence-electron chi connectivity index (χ1n) is 9.18. The van der Waals surface area contributed by atoms with Gasteiger partial charge in [-0.15, -0.1) is 0 Å². The van der Waals surface area contributed by atoms with E-state index in [-0.39, 0.29) is 24.0 Å². The van der Waals surface area contributed by atoms with Crippen molar-refractivity contribution >= 4 is 23.3 Å². The number of benzene rings is 2. The molecule has 2 aromatic rings. The molecule has 0 aromatic heterocycles. The van der Waals surface area contributed by atoms with Crippen LogP contribution in [0.1, 0.15) is 30.7 Å². The predicted molar refractivity (Wildman–Crippen MR) is 102 cm³/mol. The Hall–Kier alpha value is -3.28. The van der Waals surface area contributed by atoms with Gasteiger partial charge in [0.1, 0.15) is 5.82 Å². The summed E-state index contributed by atoms with van der Waals surface area (Å²) in [6.07, 6.45) is 0.699. The lowest BCUT2D eigenvalue weighted by Crippen LogP contribution is -2.43. The van der Waals surface area contributed by atoms with Gasteiger partial charge in [0.15, 0.2) is 5.78 Å². The maximum atomic E-state index is 13.4. The van der Waals surface area contributed by atoms with E-state index in [2.05, 4.69) is 10.6 Å². The average Bonchev–Trinajstić information content (AvgIpc) is 2.67. The van der Waals surface area contributed by atoms with Crippen molar-refractivity contribution in [1.29, 1.82) is 0 Å². The molecule has 28 heavy (non-hydrogen) atoms. The molecule has 142 valence electrons. The summed E-state index contributed by atoms with van der Waals surface area (Å²) < 4.78 is 13.4. The number of halogens is 1. The van der Waals surface area contributed by atoms with E-state index in [1.54, 1.807) is 6.07 Å². The third kappa shape index (κ3) is 3.58. The molecule has 2 atom stereocenters. The molecule has 2 N–H and O–H groups in total. The van der Waals surface area contributed by atoms with Gasteiger partial charge in [0.2, 0.25) is 11.8 Å². The molecule has 0 saturated carbocycles. The standard InChI is InChI=1S/C22H19FN2O3/c23-15-7-4-8-16(11-15)24-22(28)17-12-20(27)25-18-9-14(10-19(26)21(17)18)13-5-2-1-3-6-13/h1-8,11,14,17H,9-10,12H2,(H,24,28)(H,25,27)/t14-,17+/m1/s1. The zero-order chi connectivity index (χ0) is 19.7. The number of ketones is 1. The highest BCUT2D eigenvalue weighted by molar-refractivity contribution is 6.09.